The van der Waals surface area contributed by atoms with Crippen molar-refractivity contribution in [3.05, 3.63) is 52.5 Å². The van der Waals surface area contributed by atoms with E-state index in [-0.39, 0.29) is 17.9 Å². The van der Waals surface area contributed by atoms with Gasteiger partial charge in [-0.15, -0.1) is 0 Å². The molecule has 2 amide bonds. The van der Waals surface area contributed by atoms with E-state index in [1.54, 1.807) is 42.5 Å². The summed E-state index contributed by atoms with van der Waals surface area (Å²) in [4.78, 5) is 23.6. The molecule has 1 heterocycles. The third-order valence-electron chi connectivity index (χ3n) is 4.08. The molecule has 27 heavy (non-hydrogen) atoms. The zero-order valence-electron chi connectivity index (χ0n) is 15.0. The summed E-state index contributed by atoms with van der Waals surface area (Å²) in [6.07, 6.45) is 2.21. The van der Waals surface area contributed by atoms with Crippen molar-refractivity contribution in [1.82, 2.24) is 0 Å². The first-order valence-corrected chi connectivity index (χ1v) is 9.53. The molecule has 3 rings (SSSR count). The minimum atomic E-state index is -0.249. The minimum Gasteiger partial charge on any atom is -0.490 e. The zero-order chi connectivity index (χ0) is 19.2. The summed E-state index contributed by atoms with van der Waals surface area (Å²) in [5.74, 6) is 0.261. The maximum atomic E-state index is 12.5. The summed E-state index contributed by atoms with van der Waals surface area (Å²) in [6, 6.07) is 12.2. The molecule has 2 aromatic carbocycles. The van der Waals surface area contributed by atoms with E-state index in [4.69, 9.17) is 9.47 Å². The molecule has 0 aromatic heterocycles. The summed E-state index contributed by atoms with van der Waals surface area (Å²) in [7, 11) is 0. The second-order valence-electron chi connectivity index (χ2n) is 6.31. The Bertz CT molecular complexity index is 834. The van der Waals surface area contributed by atoms with Gasteiger partial charge in [0.15, 0.2) is 0 Å². The lowest BCUT2D eigenvalue weighted by atomic mass is 10.2. The smallest absolute Gasteiger partial charge is 0.255 e. The predicted octanol–water partition coefficient (Wildman–Crippen LogP) is 4.22. The number of rotatable bonds is 6. The highest BCUT2D eigenvalue weighted by atomic mass is 79.9. The molecule has 0 bridgehead atoms. The molecule has 1 atom stereocenters. The fourth-order valence-electron chi connectivity index (χ4n) is 2.80. The number of carbonyl (C=O) groups is 2. The van der Waals surface area contributed by atoms with E-state index >= 15 is 0 Å². The quantitative estimate of drug-likeness (QED) is 0.716. The van der Waals surface area contributed by atoms with Crippen molar-refractivity contribution in [3.63, 3.8) is 0 Å². The zero-order valence-corrected chi connectivity index (χ0v) is 16.5. The third-order valence-corrected chi connectivity index (χ3v) is 4.70. The fourth-order valence-corrected chi connectivity index (χ4v) is 3.29. The van der Waals surface area contributed by atoms with Gasteiger partial charge in [0.05, 0.1) is 10.6 Å². The topological polar surface area (TPSA) is 76.7 Å². The van der Waals surface area contributed by atoms with Crippen molar-refractivity contribution in [2.45, 2.75) is 25.9 Å². The summed E-state index contributed by atoms with van der Waals surface area (Å²) in [6.45, 7) is 2.72. The Labute approximate surface area is 166 Å². The molecule has 1 fully saturated rings. The third kappa shape index (κ3) is 5.55. The Morgan fingerprint density at radius 2 is 1.96 bits per heavy atom. The predicted molar refractivity (Wildman–Crippen MR) is 107 cm³/mol. The lowest BCUT2D eigenvalue weighted by Crippen LogP contribution is -2.16. The van der Waals surface area contributed by atoms with Crippen LogP contribution in [-0.2, 0) is 9.53 Å². The fraction of sp³-hybridized carbons (Fsp3) is 0.300. The average Bonchev–Trinajstić information content (AvgIpc) is 3.14. The van der Waals surface area contributed by atoms with Crippen LogP contribution in [0.25, 0.3) is 0 Å². The largest absolute Gasteiger partial charge is 0.490 e. The molecule has 0 unspecified atom stereocenters. The first-order chi connectivity index (χ1) is 13.0. The average molecular weight is 433 g/mol. The number of hydrogen-bond donors (Lipinski definition) is 2. The van der Waals surface area contributed by atoms with Gasteiger partial charge in [-0.05, 0) is 65.2 Å². The summed E-state index contributed by atoms with van der Waals surface area (Å²) in [5.41, 5.74) is 1.72. The number of nitrogens with one attached hydrogen (secondary N) is 2. The number of anilines is 2. The van der Waals surface area contributed by atoms with Gasteiger partial charge in [-0.1, -0.05) is 6.07 Å². The molecule has 0 radical (unpaired) electrons. The van der Waals surface area contributed by atoms with Crippen LogP contribution in [0.15, 0.2) is 46.9 Å². The molecule has 142 valence electrons. The van der Waals surface area contributed by atoms with E-state index in [2.05, 4.69) is 26.6 Å². The van der Waals surface area contributed by atoms with Crippen molar-refractivity contribution >= 4 is 39.1 Å². The monoisotopic (exact) mass is 432 g/mol. The van der Waals surface area contributed by atoms with Crippen LogP contribution >= 0.6 is 15.9 Å². The standard InChI is InChI=1S/C20H21BrN2O4/c1-13(24)22-15-4-2-5-16(11-15)23-20(25)14-7-8-19(18(21)10-14)27-12-17-6-3-9-26-17/h2,4-5,7-8,10-11,17H,3,6,9,12H2,1H3,(H,22,24)(H,23,25)/t17-/m1/s1. The van der Waals surface area contributed by atoms with Crippen molar-refractivity contribution in [3.8, 4) is 5.75 Å². The van der Waals surface area contributed by atoms with Crippen molar-refractivity contribution < 1.29 is 19.1 Å². The van der Waals surface area contributed by atoms with Gasteiger partial charge >= 0.3 is 0 Å². The summed E-state index contributed by atoms with van der Waals surface area (Å²) in [5, 5.41) is 5.51. The van der Waals surface area contributed by atoms with Gasteiger partial charge in [0.1, 0.15) is 12.4 Å². The maximum Gasteiger partial charge on any atom is 0.255 e. The van der Waals surface area contributed by atoms with Crippen molar-refractivity contribution in [2.75, 3.05) is 23.8 Å². The lowest BCUT2D eigenvalue weighted by molar-refractivity contribution is -0.114. The first-order valence-electron chi connectivity index (χ1n) is 8.74. The Balaban J connectivity index is 1.62. The van der Waals surface area contributed by atoms with Crippen molar-refractivity contribution in [1.29, 1.82) is 0 Å². The molecule has 7 heteroatoms. The molecule has 2 N–H and O–H groups in total. The first kappa shape index (κ1) is 19.4. The Morgan fingerprint density at radius 3 is 2.63 bits per heavy atom. The minimum absolute atomic E-state index is 0.135. The summed E-state index contributed by atoms with van der Waals surface area (Å²) >= 11 is 3.46. The van der Waals surface area contributed by atoms with Crippen LogP contribution in [0.4, 0.5) is 11.4 Å². The van der Waals surface area contributed by atoms with E-state index in [9.17, 15) is 9.59 Å². The molecule has 6 nitrogen and oxygen atoms in total. The van der Waals surface area contributed by atoms with Gasteiger partial charge in [0.2, 0.25) is 5.91 Å². The van der Waals surface area contributed by atoms with E-state index in [1.807, 2.05) is 0 Å². The summed E-state index contributed by atoms with van der Waals surface area (Å²) < 4.78 is 12.0. The number of hydrogen-bond acceptors (Lipinski definition) is 4. The molecular formula is C20H21BrN2O4. The number of benzene rings is 2. The van der Waals surface area contributed by atoms with E-state index in [1.165, 1.54) is 6.92 Å². The Hall–Kier alpha value is -2.38. The molecule has 0 aliphatic carbocycles. The van der Waals surface area contributed by atoms with Gasteiger partial charge in [-0.2, -0.15) is 0 Å². The maximum absolute atomic E-state index is 12.5. The highest BCUT2D eigenvalue weighted by Crippen LogP contribution is 2.27. The molecule has 0 spiro atoms. The van der Waals surface area contributed by atoms with E-state index < -0.39 is 0 Å². The van der Waals surface area contributed by atoms with Gasteiger partial charge in [-0.25, -0.2) is 0 Å². The molecule has 1 aliphatic heterocycles. The Kier molecular flexibility index (Phi) is 6.47. The second-order valence-corrected chi connectivity index (χ2v) is 7.16. The van der Waals surface area contributed by atoms with Gasteiger partial charge in [0.25, 0.3) is 5.91 Å². The number of carbonyl (C=O) groups excluding carboxylic acids is 2. The van der Waals surface area contributed by atoms with Crippen molar-refractivity contribution in [2.24, 2.45) is 0 Å². The Morgan fingerprint density at radius 1 is 1.19 bits per heavy atom. The van der Waals surface area contributed by atoms with Gasteiger partial charge < -0.3 is 20.1 Å². The molecule has 2 aromatic rings. The SMILES string of the molecule is CC(=O)Nc1cccc(NC(=O)c2ccc(OC[C@H]3CCCO3)c(Br)c2)c1. The number of amides is 2. The highest BCUT2D eigenvalue weighted by Gasteiger charge is 2.17. The molecule has 1 saturated heterocycles. The van der Waals surface area contributed by atoms with E-state index in [0.29, 0.717) is 33.8 Å². The second kappa shape index (κ2) is 9.01. The lowest BCUT2D eigenvalue weighted by Gasteiger charge is -2.13. The highest BCUT2D eigenvalue weighted by molar-refractivity contribution is 9.10. The van der Waals surface area contributed by atoms with Gasteiger partial charge in [-0.3, -0.25) is 9.59 Å². The van der Waals surface area contributed by atoms with E-state index in [0.717, 1.165) is 19.4 Å². The molecule has 0 saturated carbocycles. The van der Waals surface area contributed by atoms with Crippen LogP contribution < -0.4 is 15.4 Å². The molecular weight excluding hydrogens is 412 g/mol. The van der Waals surface area contributed by atoms with Crippen LogP contribution in [0.2, 0.25) is 0 Å². The van der Waals surface area contributed by atoms with Gasteiger partial charge in [0, 0.05) is 30.5 Å². The van der Waals surface area contributed by atoms with Crippen LogP contribution in [0.1, 0.15) is 30.1 Å². The number of halogens is 1. The normalized spacial score (nSPS) is 16.0. The number of ether oxygens (including phenoxy) is 2. The van der Waals surface area contributed by atoms with Crippen LogP contribution in [0.5, 0.6) is 5.75 Å². The molecule has 1 aliphatic rings. The van der Waals surface area contributed by atoms with Crippen LogP contribution in [0, 0.1) is 0 Å². The van der Waals surface area contributed by atoms with Crippen LogP contribution in [-0.4, -0.2) is 31.1 Å². The van der Waals surface area contributed by atoms with Crippen LogP contribution in [0.3, 0.4) is 0 Å².